The molecule has 2 aromatic heterocycles. The monoisotopic (exact) mass is 291 g/mol. The minimum absolute atomic E-state index is 0.183. The summed E-state index contributed by atoms with van der Waals surface area (Å²) in [6.45, 7) is 1.88. The molecule has 1 amide bonds. The molecule has 2 aromatic rings. The van der Waals surface area contributed by atoms with E-state index in [0.717, 1.165) is 11.9 Å². The normalized spacial score (nSPS) is 15.2. The van der Waals surface area contributed by atoms with Gasteiger partial charge in [0.05, 0.1) is 18.7 Å². The van der Waals surface area contributed by atoms with Gasteiger partial charge in [0.1, 0.15) is 0 Å². The Hall–Kier alpha value is -1.85. The van der Waals surface area contributed by atoms with Crippen LogP contribution in [0.5, 0.6) is 0 Å². The Morgan fingerprint density at radius 3 is 3.20 bits per heavy atom. The maximum Gasteiger partial charge on any atom is 0.272 e. The first-order chi connectivity index (χ1) is 9.72. The molecule has 0 saturated carbocycles. The molecule has 104 valence electrons. The smallest absolute Gasteiger partial charge is 0.272 e. The molecule has 1 aliphatic heterocycles. The van der Waals surface area contributed by atoms with Crippen LogP contribution in [0.4, 0.5) is 0 Å². The predicted octanol–water partition coefficient (Wildman–Crippen LogP) is 2.06. The lowest BCUT2D eigenvalue weighted by atomic mass is 10.1. The van der Waals surface area contributed by atoms with E-state index in [2.05, 4.69) is 10.4 Å². The molecule has 1 aliphatic rings. The molecule has 0 spiro atoms. The van der Waals surface area contributed by atoms with Crippen molar-refractivity contribution in [2.24, 2.45) is 0 Å². The summed E-state index contributed by atoms with van der Waals surface area (Å²) in [5.74, 6) is -0.183. The highest BCUT2D eigenvalue weighted by atomic mass is 35.5. The Bertz CT molecular complexity index is 678. The van der Waals surface area contributed by atoms with E-state index < -0.39 is 0 Å². The standard InChI is InChI=1S/C14H14ClN3O2/c15-11-1-4-18-12(7-11)8-13(17-18)14(19)16-9-10-2-5-20-6-3-10/h1-2,4,7-8H,3,5-6,9H2,(H,16,19). The van der Waals surface area contributed by atoms with E-state index in [1.807, 2.05) is 6.08 Å². The minimum atomic E-state index is -0.183. The van der Waals surface area contributed by atoms with E-state index in [-0.39, 0.29) is 5.91 Å². The van der Waals surface area contributed by atoms with Crippen LogP contribution in [0.15, 0.2) is 36.0 Å². The molecule has 0 aliphatic carbocycles. The lowest BCUT2D eigenvalue weighted by Gasteiger charge is -2.13. The summed E-state index contributed by atoms with van der Waals surface area (Å²) >= 11 is 5.91. The number of pyridine rings is 1. The number of amides is 1. The molecule has 1 N–H and O–H groups in total. The predicted molar refractivity (Wildman–Crippen MR) is 76.1 cm³/mol. The van der Waals surface area contributed by atoms with E-state index in [1.165, 1.54) is 5.57 Å². The van der Waals surface area contributed by atoms with Gasteiger partial charge in [-0.15, -0.1) is 0 Å². The van der Waals surface area contributed by atoms with Crippen molar-refractivity contribution in [3.05, 3.63) is 46.8 Å². The number of halogens is 1. The summed E-state index contributed by atoms with van der Waals surface area (Å²) in [5, 5.41) is 7.71. The van der Waals surface area contributed by atoms with Gasteiger partial charge in [0.25, 0.3) is 5.91 Å². The van der Waals surface area contributed by atoms with E-state index in [0.29, 0.717) is 30.5 Å². The molecule has 3 heterocycles. The fourth-order valence-electron chi connectivity index (χ4n) is 2.09. The average Bonchev–Trinajstić information content (AvgIpc) is 2.89. The first-order valence-electron chi connectivity index (χ1n) is 6.41. The zero-order valence-electron chi connectivity index (χ0n) is 10.8. The van der Waals surface area contributed by atoms with Crippen LogP contribution in [0.3, 0.4) is 0 Å². The summed E-state index contributed by atoms with van der Waals surface area (Å²) in [6.07, 6.45) is 4.60. The van der Waals surface area contributed by atoms with Crippen LogP contribution in [0.1, 0.15) is 16.9 Å². The zero-order chi connectivity index (χ0) is 13.9. The van der Waals surface area contributed by atoms with Gasteiger partial charge in [0.15, 0.2) is 5.69 Å². The van der Waals surface area contributed by atoms with Gasteiger partial charge in [-0.05, 0) is 24.6 Å². The second kappa shape index (κ2) is 5.64. The number of fused-ring (bicyclic) bond motifs is 1. The molecule has 0 radical (unpaired) electrons. The van der Waals surface area contributed by atoms with Crippen molar-refractivity contribution in [1.29, 1.82) is 0 Å². The second-order valence-electron chi connectivity index (χ2n) is 4.61. The molecule has 20 heavy (non-hydrogen) atoms. The summed E-state index contributed by atoms with van der Waals surface area (Å²) in [4.78, 5) is 12.1. The van der Waals surface area contributed by atoms with Crippen LogP contribution in [-0.2, 0) is 4.74 Å². The summed E-state index contributed by atoms with van der Waals surface area (Å²) < 4.78 is 6.86. The Kier molecular flexibility index (Phi) is 3.71. The number of rotatable bonds is 3. The van der Waals surface area contributed by atoms with Crippen LogP contribution in [0, 0.1) is 0 Å². The van der Waals surface area contributed by atoms with Crippen molar-refractivity contribution in [3.8, 4) is 0 Å². The first kappa shape index (κ1) is 13.1. The van der Waals surface area contributed by atoms with Gasteiger partial charge in [0.2, 0.25) is 0 Å². The Labute approximate surface area is 121 Å². The highest BCUT2D eigenvalue weighted by Gasteiger charge is 2.12. The van der Waals surface area contributed by atoms with E-state index in [1.54, 1.807) is 28.9 Å². The average molecular weight is 292 g/mol. The third kappa shape index (κ3) is 2.84. The number of hydrogen-bond donors (Lipinski definition) is 1. The van der Waals surface area contributed by atoms with Crippen LogP contribution >= 0.6 is 11.6 Å². The van der Waals surface area contributed by atoms with Crippen molar-refractivity contribution in [3.63, 3.8) is 0 Å². The van der Waals surface area contributed by atoms with E-state index in [9.17, 15) is 4.79 Å². The van der Waals surface area contributed by atoms with Gasteiger partial charge in [-0.3, -0.25) is 4.79 Å². The molecule has 6 heteroatoms. The van der Waals surface area contributed by atoms with E-state index >= 15 is 0 Å². The molecule has 0 bridgehead atoms. The van der Waals surface area contributed by atoms with Gasteiger partial charge in [-0.25, -0.2) is 4.52 Å². The van der Waals surface area contributed by atoms with Crippen molar-refractivity contribution in [2.75, 3.05) is 19.8 Å². The largest absolute Gasteiger partial charge is 0.377 e. The quantitative estimate of drug-likeness (QED) is 0.881. The number of nitrogens with zero attached hydrogens (tertiary/aromatic N) is 2. The lowest BCUT2D eigenvalue weighted by Crippen LogP contribution is -2.27. The maximum atomic E-state index is 12.1. The first-order valence-corrected chi connectivity index (χ1v) is 6.79. The molecule has 5 nitrogen and oxygen atoms in total. The highest BCUT2D eigenvalue weighted by molar-refractivity contribution is 6.30. The maximum absolute atomic E-state index is 12.1. The highest BCUT2D eigenvalue weighted by Crippen LogP contribution is 2.13. The molecular formula is C14H14ClN3O2. The number of carbonyl (C=O) groups excluding carboxylic acids is 1. The Balaban J connectivity index is 1.70. The minimum Gasteiger partial charge on any atom is -0.377 e. The number of nitrogens with one attached hydrogen (secondary N) is 1. The fourth-order valence-corrected chi connectivity index (χ4v) is 2.26. The fraction of sp³-hybridized carbons (Fsp3) is 0.286. The summed E-state index contributed by atoms with van der Waals surface area (Å²) in [6, 6.07) is 5.22. The number of aromatic nitrogens is 2. The number of carbonyl (C=O) groups is 1. The number of hydrogen-bond acceptors (Lipinski definition) is 3. The lowest BCUT2D eigenvalue weighted by molar-refractivity contribution is 0.0949. The summed E-state index contributed by atoms with van der Waals surface area (Å²) in [5.41, 5.74) is 2.38. The molecule has 0 atom stereocenters. The van der Waals surface area contributed by atoms with Gasteiger partial charge >= 0.3 is 0 Å². The second-order valence-corrected chi connectivity index (χ2v) is 5.05. The van der Waals surface area contributed by atoms with Crippen LogP contribution in [0.25, 0.3) is 5.52 Å². The van der Waals surface area contributed by atoms with Crippen molar-refractivity contribution in [2.45, 2.75) is 6.42 Å². The van der Waals surface area contributed by atoms with E-state index in [4.69, 9.17) is 16.3 Å². The van der Waals surface area contributed by atoms with Crippen molar-refractivity contribution in [1.82, 2.24) is 14.9 Å². The SMILES string of the molecule is O=C(NCC1=CCOCC1)c1cc2cc(Cl)ccn2n1. The van der Waals surface area contributed by atoms with Crippen molar-refractivity contribution >= 4 is 23.0 Å². The molecule has 0 aromatic carbocycles. The van der Waals surface area contributed by atoms with Crippen LogP contribution in [0.2, 0.25) is 5.02 Å². The number of ether oxygens (including phenoxy) is 1. The van der Waals surface area contributed by atoms with Crippen LogP contribution in [-0.4, -0.2) is 35.3 Å². The van der Waals surface area contributed by atoms with Gasteiger partial charge in [-0.1, -0.05) is 23.3 Å². The van der Waals surface area contributed by atoms with Gasteiger partial charge < -0.3 is 10.1 Å². The molecular weight excluding hydrogens is 278 g/mol. The Morgan fingerprint density at radius 1 is 1.50 bits per heavy atom. The zero-order valence-corrected chi connectivity index (χ0v) is 11.6. The summed E-state index contributed by atoms with van der Waals surface area (Å²) in [7, 11) is 0. The van der Waals surface area contributed by atoms with Crippen molar-refractivity contribution < 1.29 is 9.53 Å². The molecule has 3 rings (SSSR count). The van der Waals surface area contributed by atoms with Crippen LogP contribution < -0.4 is 5.32 Å². The topological polar surface area (TPSA) is 55.6 Å². The van der Waals surface area contributed by atoms with Gasteiger partial charge in [-0.2, -0.15) is 5.10 Å². The third-order valence-electron chi connectivity index (χ3n) is 3.19. The molecule has 0 fully saturated rings. The Morgan fingerprint density at radius 2 is 2.40 bits per heavy atom. The van der Waals surface area contributed by atoms with Gasteiger partial charge in [0, 0.05) is 17.8 Å². The molecule has 0 unspecified atom stereocenters. The molecule has 0 saturated heterocycles. The third-order valence-corrected chi connectivity index (χ3v) is 3.43.